The molecule has 1 rings (SSSR count). The van der Waals surface area contributed by atoms with Gasteiger partial charge in [0.15, 0.2) is 0 Å². The Morgan fingerprint density at radius 2 is 2.44 bits per heavy atom. The highest BCUT2D eigenvalue weighted by atomic mass is 32.1. The van der Waals surface area contributed by atoms with Crippen molar-refractivity contribution >= 4 is 11.3 Å². The molecule has 50 valence electrons. The van der Waals surface area contributed by atoms with Crippen LogP contribution >= 0.6 is 11.3 Å². The molecule has 0 aliphatic rings. The van der Waals surface area contributed by atoms with E-state index in [2.05, 4.69) is 13.0 Å². The number of hydrogen-bond donors (Lipinski definition) is 0. The van der Waals surface area contributed by atoms with Crippen molar-refractivity contribution in [1.29, 1.82) is 0 Å². The van der Waals surface area contributed by atoms with Gasteiger partial charge in [-0.15, -0.1) is 11.3 Å². The lowest BCUT2D eigenvalue weighted by Gasteiger charge is -1.88. The van der Waals surface area contributed by atoms with E-state index in [4.69, 9.17) is 4.74 Å². The van der Waals surface area contributed by atoms with Crippen LogP contribution in [0.1, 0.15) is 11.8 Å². The van der Waals surface area contributed by atoms with E-state index in [-0.39, 0.29) is 0 Å². The van der Waals surface area contributed by atoms with Gasteiger partial charge < -0.3 is 4.74 Å². The fourth-order valence-electron chi connectivity index (χ4n) is 0.653. The Morgan fingerprint density at radius 3 is 2.78 bits per heavy atom. The topological polar surface area (TPSA) is 9.23 Å². The van der Waals surface area contributed by atoms with Crippen LogP contribution in [-0.4, -0.2) is 7.11 Å². The first kappa shape index (κ1) is 6.62. The normalized spacial score (nSPS) is 9.56. The van der Waals surface area contributed by atoms with Crippen molar-refractivity contribution in [3.63, 3.8) is 0 Å². The average molecular weight is 142 g/mol. The lowest BCUT2D eigenvalue weighted by Crippen LogP contribution is -1.76. The molecule has 0 radical (unpaired) electrons. The summed E-state index contributed by atoms with van der Waals surface area (Å²) in [7, 11) is 1.70. The Hall–Kier alpha value is -0.500. The molecular formula is C7H10OS. The molecule has 0 saturated carbocycles. The first-order chi connectivity index (χ1) is 4.36. The molecule has 0 aromatic carbocycles. The molecular weight excluding hydrogens is 132 g/mol. The Bertz CT molecular complexity index is 162. The van der Waals surface area contributed by atoms with Crippen LogP contribution in [0.3, 0.4) is 0 Å². The molecule has 1 aromatic heterocycles. The van der Waals surface area contributed by atoms with Gasteiger partial charge in [-0.3, -0.25) is 0 Å². The van der Waals surface area contributed by atoms with E-state index < -0.39 is 0 Å². The number of aryl methyl sites for hydroxylation is 1. The zero-order valence-electron chi connectivity index (χ0n) is 5.68. The minimum atomic E-state index is 0.983. The molecule has 0 unspecified atom stereocenters. The maximum Gasteiger partial charge on any atom is 0.129 e. The summed E-state index contributed by atoms with van der Waals surface area (Å²) in [5.74, 6) is 0.983. The number of hydrogen-bond acceptors (Lipinski definition) is 2. The fraction of sp³-hybridized carbons (Fsp3) is 0.429. The number of thiophene rings is 1. The number of ether oxygens (including phenoxy) is 1. The Kier molecular flexibility index (Phi) is 2.11. The minimum Gasteiger partial charge on any atom is -0.496 e. The summed E-state index contributed by atoms with van der Waals surface area (Å²) in [6, 6.07) is 2.07. The van der Waals surface area contributed by atoms with Gasteiger partial charge in [0, 0.05) is 10.3 Å². The van der Waals surface area contributed by atoms with Crippen LogP contribution in [0.2, 0.25) is 0 Å². The molecule has 0 N–H and O–H groups in total. The zero-order chi connectivity index (χ0) is 6.69. The first-order valence-corrected chi connectivity index (χ1v) is 3.86. The van der Waals surface area contributed by atoms with Gasteiger partial charge in [-0.1, -0.05) is 6.92 Å². The lowest BCUT2D eigenvalue weighted by atomic mass is 10.4. The second-order valence-corrected chi connectivity index (χ2v) is 2.80. The van der Waals surface area contributed by atoms with Crippen molar-refractivity contribution in [2.75, 3.05) is 7.11 Å². The van der Waals surface area contributed by atoms with Crippen LogP contribution in [0.25, 0.3) is 0 Å². The minimum absolute atomic E-state index is 0.983. The van der Waals surface area contributed by atoms with Gasteiger partial charge in [0.1, 0.15) is 5.75 Å². The van der Waals surface area contributed by atoms with Crippen LogP contribution in [0.4, 0.5) is 0 Å². The quantitative estimate of drug-likeness (QED) is 0.615. The van der Waals surface area contributed by atoms with Crippen molar-refractivity contribution < 1.29 is 4.74 Å². The molecule has 1 nitrogen and oxygen atoms in total. The van der Waals surface area contributed by atoms with E-state index in [9.17, 15) is 0 Å². The van der Waals surface area contributed by atoms with Gasteiger partial charge >= 0.3 is 0 Å². The SMILES string of the molecule is CCc1cc(OC)cs1. The maximum absolute atomic E-state index is 5.01. The molecule has 0 bridgehead atoms. The summed E-state index contributed by atoms with van der Waals surface area (Å²) in [5, 5.41) is 2.03. The van der Waals surface area contributed by atoms with Crippen LogP contribution in [0.15, 0.2) is 11.4 Å². The second kappa shape index (κ2) is 2.87. The Morgan fingerprint density at radius 1 is 1.67 bits per heavy atom. The van der Waals surface area contributed by atoms with Crippen molar-refractivity contribution in [3.05, 3.63) is 16.3 Å². The molecule has 1 heterocycles. The molecule has 0 amide bonds. The summed E-state index contributed by atoms with van der Waals surface area (Å²) in [5.41, 5.74) is 0. The maximum atomic E-state index is 5.01. The smallest absolute Gasteiger partial charge is 0.129 e. The fourth-order valence-corrected chi connectivity index (χ4v) is 1.44. The highest BCUT2D eigenvalue weighted by molar-refractivity contribution is 7.10. The second-order valence-electron chi connectivity index (χ2n) is 1.81. The summed E-state index contributed by atoms with van der Waals surface area (Å²) in [6.07, 6.45) is 1.11. The van der Waals surface area contributed by atoms with Crippen molar-refractivity contribution in [3.8, 4) is 5.75 Å². The van der Waals surface area contributed by atoms with Gasteiger partial charge in [0.2, 0.25) is 0 Å². The Labute approximate surface area is 59.3 Å². The van der Waals surface area contributed by atoms with E-state index in [1.165, 1.54) is 4.88 Å². The van der Waals surface area contributed by atoms with Gasteiger partial charge in [0.25, 0.3) is 0 Å². The molecule has 2 heteroatoms. The molecule has 0 spiro atoms. The molecule has 0 fully saturated rings. The van der Waals surface area contributed by atoms with Crippen molar-refractivity contribution in [2.45, 2.75) is 13.3 Å². The van der Waals surface area contributed by atoms with Crippen LogP contribution < -0.4 is 4.74 Å². The monoisotopic (exact) mass is 142 g/mol. The largest absolute Gasteiger partial charge is 0.496 e. The standard InChI is InChI=1S/C7H10OS/c1-3-7-4-6(8-2)5-9-7/h4-5H,3H2,1-2H3. The van der Waals surface area contributed by atoms with E-state index >= 15 is 0 Å². The third-order valence-corrected chi connectivity index (χ3v) is 2.27. The predicted molar refractivity (Wildman–Crippen MR) is 40.2 cm³/mol. The van der Waals surface area contributed by atoms with Crippen LogP contribution in [0.5, 0.6) is 5.75 Å². The molecule has 1 aromatic rings. The summed E-state index contributed by atoms with van der Waals surface area (Å²) >= 11 is 1.75. The van der Waals surface area contributed by atoms with Crippen molar-refractivity contribution in [2.24, 2.45) is 0 Å². The molecule has 0 saturated heterocycles. The lowest BCUT2D eigenvalue weighted by molar-refractivity contribution is 0.416. The average Bonchev–Trinajstić information content (AvgIpc) is 2.34. The van der Waals surface area contributed by atoms with E-state index in [0.717, 1.165) is 12.2 Å². The van der Waals surface area contributed by atoms with Gasteiger partial charge in [-0.05, 0) is 12.5 Å². The molecule has 0 aliphatic carbocycles. The summed E-state index contributed by atoms with van der Waals surface area (Å²) < 4.78 is 5.01. The van der Waals surface area contributed by atoms with Gasteiger partial charge in [-0.2, -0.15) is 0 Å². The van der Waals surface area contributed by atoms with Gasteiger partial charge in [0.05, 0.1) is 7.11 Å². The van der Waals surface area contributed by atoms with E-state index in [1.807, 2.05) is 5.38 Å². The number of rotatable bonds is 2. The third kappa shape index (κ3) is 1.45. The van der Waals surface area contributed by atoms with Crippen LogP contribution in [-0.2, 0) is 6.42 Å². The van der Waals surface area contributed by atoms with Gasteiger partial charge in [-0.25, -0.2) is 0 Å². The summed E-state index contributed by atoms with van der Waals surface area (Å²) in [4.78, 5) is 1.38. The summed E-state index contributed by atoms with van der Waals surface area (Å²) in [6.45, 7) is 2.14. The first-order valence-electron chi connectivity index (χ1n) is 2.98. The van der Waals surface area contributed by atoms with E-state index in [1.54, 1.807) is 18.4 Å². The molecule has 0 atom stereocenters. The predicted octanol–water partition coefficient (Wildman–Crippen LogP) is 2.32. The third-order valence-electron chi connectivity index (χ3n) is 1.21. The highest BCUT2D eigenvalue weighted by Crippen LogP contribution is 2.20. The van der Waals surface area contributed by atoms with Crippen LogP contribution in [0, 0.1) is 0 Å². The molecule has 0 aliphatic heterocycles. The molecule has 9 heavy (non-hydrogen) atoms. The van der Waals surface area contributed by atoms with E-state index in [0.29, 0.717) is 0 Å². The zero-order valence-corrected chi connectivity index (χ0v) is 6.49. The highest BCUT2D eigenvalue weighted by Gasteiger charge is 1.94. The Balaban J connectivity index is 2.74. The van der Waals surface area contributed by atoms with Crippen molar-refractivity contribution in [1.82, 2.24) is 0 Å². The number of methoxy groups -OCH3 is 1.